The van der Waals surface area contributed by atoms with Crippen molar-refractivity contribution in [1.29, 1.82) is 0 Å². The smallest absolute Gasteiger partial charge is 0.252 e. The van der Waals surface area contributed by atoms with Gasteiger partial charge in [-0.3, -0.25) is 4.79 Å². The van der Waals surface area contributed by atoms with Crippen LogP contribution in [-0.2, 0) is 0 Å². The van der Waals surface area contributed by atoms with Gasteiger partial charge in [-0.2, -0.15) is 0 Å². The minimum absolute atomic E-state index is 0.0933. The van der Waals surface area contributed by atoms with E-state index >= 15 is 0 Å². The molecule has 98 valence electrons. The van der Waals surface area contributed by atoms with E-state index in [0.29, 0.717) is 5.75 Å². The monoisotopic (exact) mass is 241 g/mol. The maximum atomic E-state index is 10.6. The fourth-order valence-electron chi connectivity index (χ4n) is 0.847. The number of hydrogen-bond acceptors (Lipinski definition) is 3. The minimum atomic E-state index is -0.657. The molecule has 1 aromatic rings. The third-order valence-corrected chi connectivity index (χ3v) is 1.47. The molecule has 1 rings (SSSR count). The molecule has 0 bridgehead atoms. The van der Waals surface area contributed by atoms with Crippen LogP contribution in [0, 0.1) is 0 Å². The summed E-state index contributed by atoms with van der Waals surface area (Å²) in [5, 5.41) is 9.21. The molecule has 0 radical (unpaired) electrons. The molecule has 0 atom stereocenters. The number of primary amides is 1. The van der Waals surface area contributed by atoms with E-state index in [2.05, 4.69) is 13.8 Å². The molecule has 4 heteroatoms. The number of amides is 1. The molecule has 0 saturated heterocycles. The number of benzene rings is 1. The molecule has 0 aromatic heterocycles. The number of hydrogen-bond donors (Lipinski definition) is 2. The van der Waals surface area contributed by atoms with E-state index in [4.69, 9.17) is 10.5 Å². The van der Waals surface area contributed by atoms with Gasteiger partial charge in [0.2, 0.25) is 0 Å². The van der Waals surface area contributed by atoms with Crippen molar-refractivity contribution in [3.8, 4) is 11.5 Å². The SMILES string of the molecule is CC.CCC.COc1ccc(C(N)=O)c(O)c1. The van der Waals surface area contributed by atoms with E-state index in [1.807, 2.05) is 13.8 Å². The molecule has 0 unspecified atom stereocenters. The van der Waals surface area contributed by atoms with Crippen LogP contribution in [0.4, 0.5) is 0 Å². The normalized spacial score (nSPS) is 8.06. The summed E-state index contributed by atoms with van der Waals surface area (Å²) >= 11 is 0. The van der Waals surface area contributed by atoms with Crippen molar-refractivity contribution in [2.75, 3.05) is 7.11 Å². The fraction of sp³-hybridized carbons (Fsp3) is 0.462. The standard InChI is InChI=1S/C8H9NO3.C3H8.C2H6/c1-12-5-2-3-6(8(9)11)7(10)4-5;1-3-2;1-2/h2-4,10H,1H3,(H2,9,11);3H2,1-2H3;1-2H3. The van der Waals surface area contributed by atoms with Gasteiger partial charge < -0.3 is 15.6 Å². The summed E-state index contributed by atoms with van der Waals surface area (Å²) in [7, 11) is 1.47. The van der Waals surface area contributed by atoms with Crippen LogP contribution in [0.15, 0.2) is 18.2 Å². The second kappa shape index (κ2) is 10.8. The largest absolute Gasteiger partial charge is 0.507 e. The van der Waals surface area contributed by atoms with Crippen molar-refractivity contribution < 1.29 is 14.6 Å². The third-order valence-electron chi connectivity index (χ3n) is 1.47. The Balaban J connectivity index is 0. The number of nitrogens with two attached hydrogens (primary N) is 1. The number of rotatable bonds is 2. The molecular formula is C13H23NO3. The Morgan fingerprint density at radius 1 is 1.35 bits per heavy atom. The quantitative estimate of drug-likeness (QED) is 0.836. The Morgan fingerprint density at radius 2 is 1.82 bits per heavy atom. The van der Waals surface area contributed by atoms with Crippen LogP contribution in [0.1, 0.15) is 44.5 Å². The maximum absolute atomic E-state index is 10.6. The lowest BCUT2D eigenvalue weighted by Gasteiger charge is -2.02. The van der Waals surface area contributed by atoms with Gasteiger partial charge in [0.05, 0.1) is 12.7 Å². The molecule has 0 aliphatic heterocycles. The Morgan fingerprint density at radius 3 is 2.12 bits per heavy atom. The van der Waals surface area contributed by atoms with E-state index in [9.17, 15) is 9.90 Å². The van der Waals surface area contributed by atoms with Crippen LogP contribution >= 0.6 is 0 Å². The van der Waals surface area contributed by atoms with E-state index in [-0.39, 0.29) is 11.3 Å². The highest BCUT2D eigenvalue weighted by molar-refractivity contribution is 5.95. The van der Waals surface area contributed by atoms with E-state index < -0.39 is 5.91 Å². The second-order valence-corrected chi connectivity index (χ2v) is 2.95. The van der Waals surface area contributed by atoms with E-state index in [1.54, 1.807) is 6.07 Å². The summed E-state index contributed by atoms with van der Waals surface area (Å²) in [6.07, 6.45) is 1.25. The maximum Gasteiger partial charge on any atom is 0.252 e. The van der Waals surface area contributed by atoms with Crippen LogP contribution in [0.5, 0.6) is 11.5 Å². The highest BCUT2D eigenvalue weighted by Gasteiger charge is 2.07. The summed E-state index contributed by atoms with van der Waals surface area (Å²) in [6, 6.07) is 4.30. The fourth-order valence-corrected chi connectivity index (χ4v) is 0.847. The Labute approximate surface area is 103 Å². The summed E-state index contributed by atoms with van der Waals surface area (Å²) in [4.78, 5) is 10.6. The molecule has 0 heterocycles. The predicted molar refractivity (Wildman–Crippen MR) is 70.5 cm³/mol. The van der Waals surface area contributed by atoms with Crippen molar-refractivity contribution in [2.24, 2.45) is 5.73 Å². The first-order valence-corrected chi connectivity index (χ1v) is 5.73. The Kier molecular flexibility index (Phi) is 11.2. The Hall–Kier alpha value is -1.71. The summed E-state index contributed by atoms with van der Waals surface area (Å²) < 4.78 is 4.82. The first-order valence-electron chi connectivity index (χ1n) is 5.73. The number of methoxy groups -OCH3 is 1. The lowest BCUT2D eigenvalue weighted by molar-refractivity contribution is 0.0997. The molecule has 17 heavy (non-hydrogen) atoms. The number of carbonyl (C=O) groups excluding carboxylic acids is 1. The lowest BCUT2D eigenvalue weighted by atomic mass is 10.2. The molecule has 0 aliphatic carbocycles. The molecule has 1 aromatic carbocycles. The zero-order valence-corrected chi connectivity index (χ0v) is 11.3. The first kappa shape index (κ1) is 17.7. The first-order chi connectivity index (χ1) is 8.06. The average molecular weight is 241 g/mol. The topological polar surface area (TPSA) is 72.5 Å². The molecule has 0 saturated carbocycles. The summed E-state index contributed by atoms with van der Waals surface area (Å²) in [6.45, 7) is 8.25. The zero-order valence-electron chi connectivity index (χ0n) is 11.3. The van der Waals surface area contributed by atoms with Crippen LogP contribution in [0.25, 0.3) is 0 Å². The highest BCUT2D eigenvalue weighted by atomic mass is 16.5. The summed E-state index contributed by atoms with van der Waals surface area (Å²) in [5.41, 5.74) is 5.06. The molecule has 0 fully saturated rings. The van der Waals surface area contributed by atoms with Crippen molar-refractivity contribution in [3.63, 3.8) is 0 Å². The third kappa shape index (κ3) is 7.22. The second-order valence-electron chi connectivity index (χ2n) is 2.95. The number of aromatic hydroxyl groups is 1. The minimum Gasteiger partial charge on any atom is -0.507 e. The average Bonchev–Trinajstić information content (AvgIpc) is 2.32. The molecule has 0 aliphatic rings. The van der Waals surface area contributed by atoms with Gasteiger partial charge >= 0.3 is 0 Å². The van der Waals surface area contributed by atoms with E-state index in [0.717, 1.165) is 0 Å². The zero-order chi connectivity index (χ0) is 13.8. The van der Waals surface area contributed by atoms with Gasteiger partial charge in [-0.1, -0.05) is 34.1 Å². The van der Waals surface area contributed by atoms with Crippen LogP contribution < -0.4 is 10.5 Å². The number of ether oxygens (including phenoxy) is 1. The highest BCUT2D eigenvalue weighted by Crippen LogP contribution is 2.22. The van der Waals surface area contributed by atoms with Crippen LogP contribution in [0.3, 0.4) is 0 Å². The molecule has 0 spiro atoms. The Bertz CT molecular complexity index is 324. The van der Waals surface area contributed by atoms with Gasteiger partial charge in [0.25, 0.3) is 5.91 Å². The lowest BCUT2D eigenvalue weighted by Crippen LogP contribution is -2.10. The molecule has 3 N–H and O–H groups in total. The van der Waals surface area contributed by atoms with Gasteiger partial charge in [-0.05, 0) is 12.1 Å². The molecule has 1 amide bonds. The van der Waals surface area contributed by atoms with Crippen molar-refractivity contribution in [3.05, 3.63) is 23.8 Å². The molecular weight excluding hydrogens is 218 g/mol. The summed E-state index contributed by atoms with van der Waals surface area (Å²) in [5.74, 6) is -0.338. The van der Waals surface area contributed by atoms with Crippen molar-refractivity contribution in [1.82, 2.24) is 0 Å². The van der Waals surface area contributed by atoms with Gasteiger partial charge in [0.15, 0.2) is 0 Å². The van der Waals surface area contributed by atoms with Crippen molar-refractivity contribution >= 4 is 5.91 Å². The number of carbonyl (C=O) groups is 1. The predicted octanol–water partition coefficient (Wildman–Crippen LogP) is 2.94. The van der Waals surface area contributed by atoms with E-state index in [1.165, 1.54) is 25.7 Å². The number of phenols is 1. The van der Waals surface area contributed by atoms with Gasteiger partial charge in [-0.25, -0.2) is 0 Å². The van der Waals surface area contributed by atoms with Crippen LogP contribution in [-0.4, -0.2) is 18.1 Å². The molecule has 4 nitrogen and oxygen atoms in total. The van der Waals surface area contributed by atoms with Crippen LogP contribution in [0.2, 0.25) is 0 Å². The van der Waals surface area contributed by atoms with Gasteiger partial charge in [0, 0.05) is 6.07 Å². The van der Waals surface area contributed by atoms with Crippen molar-refractivity contribution in [2.45, 2.75) is 34.1 Å². The van der Waals surface area contributed by atoms with Gasteiger partial charge in [-0.15, -0.1) is 0 Å². The van der Waals surface area contributed by atoms with Gasteiger partial charge in [0.1, 0.15) is 11.5 Å².